The first kappa shape index (κ1) is 25.6. The molecule has 0 bridgehead atoms. The van der Waals surface area contributed by atoms with Gasteiger partial charge in [0.05, 0.1) is 19.2 Å². The molecule has 5 rings (SSSR count). The molecule has 2 saturated heterocycles. The number of nitrogens with zero attached hydrogens (tertiary/aromatic N) is 3. The van der Waals surface area contributed by atoms with Gasteiger partial charge in [0.15, 0.2) is 11.5 Å². The molecule has 36 heavy (non-hydrogen) atoms. The summed E-state index contributed by atoms with van der Waals surface area (Å²) < 4.78 is 12.1. The predicted molar refractivity (Wildman–Crippen MR) is 149 cm³/mol. The van der Waals surface area contributed by atoms with Crippen LogP contribution in [0.1, 0.15) is 75.8 Å². The standard InChI is InChI=1S/C30H46N4O2/c1-31-22-23-11-16-34(17-12-23)28-20-26(24-9-4-3-5-10-24)32-27-21-30(29(35-2)19-25(27)28)36-18-8-15-33-13-6-7-14-33/h19-21,23-24,31H,3-18,22H2,1-2H3. The van der Waals surface area contributed by atoms with Crippen LogP contribution in [-0.2, 0) is 0 Å². The van der Waals surface area contributed by atoms with Crippen molar-refractivity contribution in [1.82, 2.24) is 15.2 Å². The number of piperidine rings is 1. The second-order valence-corrected chi connectivity index (χ2v) is 11.2. The van der Waals surface area contributed by atoms with Crippen molar-refractivity contribution in [2.75, 3.05) is 64.9 Å². The number of likely N-dealkylation sites (tertiary alicyclic amines) is 1. The van der Waals surface area contributed by atoms with E-state index in [2.05, 4.69) is 40.4 Å². The summed E-state index contributed by atoms with van der Waals surface area (Å²) in [6.07, 6.45) is 12.7. The molecular weight excluding hydrogens is 448 g/mol. The zero-order chi connectivity index (χ0) is 24.7. The molecule has 198 valence electrons. The molecule has 6 heteroatoms. The van der Waals surface area contributed by atoms with Gasteiger partial charge in [-0.3, -0.25) is 4.98 Å². The minimum absolute atomic E-state index is 0.579. The van der Waals surface area contributed by atoms with Crippen LogP contribution in [0.4, 0.5) is 5.69 Å². The average Bonchev–Trinajstić information content (AvgIpc) is 3.45. The van der Waals surface area contributed by atoms with Gasteiger partial charge in [0.25, 0.3) is 0 Å². The van der Waals surface area contributed by atoms with Crippen LogP contribution in [0.2, 0.25) is 0 Å². The molecule has 0 amide bonds. The maximum Gasteiger partial charge on any atom is 0.163 e. The summed E-state index contributed by atoms with van der Waals surface area (Å²) in [5.74, 6) is 3.00. The van der Waals surface area contributed by atoms with E-state index in [1.807, 2.05) is 0 Å². The van der Waals surface area contributed by atoms with Gasteiger partial charge in [-0.1, -0.05) is 19.3 Å². The fourth-order valence-electron chi connectivity index (χ4n) is 6.52. The lowest BCUT2D eigenvalue weighted by atomic mass is 9.86. The summed E-state index contributed by atoms with van der Waals surface area (Å²) in [6.45, 7) is 7.63. The minimum Gasteiger partial charge on any atom is -0.493 e. The van der Waals surface area contributed by atoms with E-state index in [0.717, 1.165) is 55.5 Å². The van der Waals surface area contributed by atoms with Crippen molar-refractivity contribution in [3.05, 3.63) is 23.9 Å². The Labute approximate surface area is 217 Å². The van der Waals surface area contributed by atoms with E-state index < -0.39 is 0 Å². The lowest BCUT2D eigenvalue weighted by Crippen LogP contribution is -2.37. The highest BCUT2D eigenvalue weighted by atomic mass is 16.5. The fourth-order valence-corrected chi connectivity index (χ4v) is 6.52. The Bertz CT molecular complexity index is 977. The highest BCUT2D eigenvalue weighted by molar-refractivity contribution is 5.94. The lowest BCUT2D eigenvalue weighted by Gasteiger charge is -2.35. The Morgan fingerprint density at radius 1 is 0.917 bits per heavy atom. The third kappa shape index (κ3) is 6.08. The van der Waals surface area contributed by atoms with Gasteiger partial charge in [-0.15, -0.1) is 0 Å². The van der Waals surface area contributed by atoms with Crippen molar-refractivity contribution in [2.45, 2.75) is 70.1 Å². The predicted octanol–water partition coefficient (Wildman–Crippen LogP) is 5.59. The molecule has 2 aliphatic heterocycles. The first-order valence-corrected chi connectivity index (χ1v) is 14.5. The number of benzene rings is 1. The summed E-state index contributed by atoms with van der Waals surface area (Å²) in [6, 6.07) is 6.73. The normalized spacial score (nSPS) is 20.3. The van der Waals surface area contributed by atoms with Crippen LogP contribution >= 0.6 is 0 Å². The van der Waals surface area contributed by atoms with Gasteiger partial charge in [0.2, 0.25) is 0 Å². The van der Waals surface area contributed by atoms with Gasteiger partial charge in [-0.05, 0) is 89.7 Å². The number of ether oxygens (including phenoxy) is 2. The smallest absolute Gasteiger partial charge is 0.163 e. The lowest BCUT2D eigenvalue weighted by molar-refractivity contribution is 0.254. The summed E-state index contributed by atoms with van der Waals surface area (Å²) in [7, 11) is 3.82. The maximum atomic E-state index is 6.30. The van der Waals surface area contributed by atoms with Gasteiger partial charge < -0.3 is 24.6 Å². The van der Waals surface area contributed by atoms with Crippen molar-refractivity contribution in [3.63, 3.8) is 0 Å². The number of nitrogens with one attached hydrogen (secondary N) is 1. The molecule has 0 unspecified atom stereocenters. The van der Waals surface area contributed by atoms with Crippen molar-refractivity contribution in [3.8, 4) is 11.5 Å². The van der Waals surface area contributed by atoms with E-state index in [9.17, 15) is 0 Å². The van der Waals surface area contributed by atoms with E-state index in [1.54, 1.807) is 7.11 Å². The highest BCUT2D eigenvalue weighted by Crippen LogP contribution is 2.41. The van der Waals surface area contributed by atoms with Gasteiger partial charge in [-0.2, -0.15) is 0 Å². The zero-order valence-corrected chi connectivity index (χ0v) is 22.6. The largest absolute Gasteiger partial charge is 0.493 e. The summed E-state index contributed by atoms with van der Waals surface area (Å²) in [5, 5.41) is 4.57. The molecule has 1 aromatic carbocycles. The van der Waals surface area contributed by atoms with E-state index >= 15 is 0 Å². The molecule has 0 atom stereocenters. The van der Waals surface area contributed by atoms with Gasteiger partial charge >= 0.3 is 0 Å². The topological polar surface area (TPSA) is 49.9 Å². The second-order valence-electron chi connectivity index (χ2n) is 11.2. The zero-order valence-electron chi connectivity index (χ0n) is 22.6. The Hall–Kier alpha value is -2.05. The van der Waals surface area contributed by atoms with E-state index in [0.29, 0.717) is 12.5 Å². The molecular formula is C30H46N4O2. The molecule has 0 spiro atoms. The van der Waals surface area contributed by atoms with Crippen LogP contribution in [-0.4, -0.2) is 69.9 Å². The molecule has 1 aromatic heterocycles. The van der Waals surface area contributed by atoms with Crippen molar-refractivity contribution >= 4 is 16.6 Å². The highest BCUT2D eigenvalue weighted by Gasteiger charge is 2.25. The fraction of sp³-hybridized carbons (Fsp3) is 0.700. The molecule has 3 fully saturated rings. The summed E-state index contributed by atoms with van der Waals surface area (Å²) in [5.41, 5.74) is 3.67. The SMILES string of the molecule is CNCC1CCN(c2cc(C3CCCCC3)nc3cc(OCCCN4CCCC4)c(OC)cc23)CC1. The first-order chi connectivity index (χ1) is 17.7. The van der Waals surface area contributed by atoms with E-state index in [4.69, 9.17) is 14.5 Å². The molecule has 3 heterocycles. The second kappa shape index (κ2) is 12.5. The van der Waals surface area contributed by atoms with Crippen LogP contribution in [0, 0.1) is 5.92 Å². The van der Waals surface area contributed by atoms with Gasteiger partial charge in [0, 0.05) is 48.4 Å². The van der Waals surface area contributed by atoms with Crippen LogP contribution < -0.4 is 19.7 Å². The average molecular weight is 495 g/mol. The number of fused-ring (bicyclic) bond motifs is 1. The minimum atomic E-state index is 0.579. The molecule has 1 aliphatic carbocycles. The number of aromatic nitrogens is 1. The maximum absolute atomic E-state index is 6.30. The van der Waals surface area contributed by atoms with Gasteiger partial charge in [0.1, 0.15) is 0 Å². The van der Waals surface area contributed by atoms with Crippen molar-refractivity contribution in [2.24, 2.45) is 5.92 Å². The van der Waals surface area contributed by atoms with E-state index in [1.165, 1.54) is 87.6 Å². The van der Waals surface area contributed by atoms with Crippen molar-refractivity contribution in [1.29, 1.82) is 0 Å². The van der Waals surface area contributed by atoms with Crippen LogP contribution in [0.25, 0.3) is 10.9 Å². The first-order valence-electron chi connectivity index (χ1n) is 14.5. The van der Waals surface area contributed by atoms with Gasteiger partial charge in [-0.25, -0.2) is 0 Å². The Balaban J connectivity index is 1.40. The van der Waals surface area contributed by atoms with Crippen LogP contribution in [0.15, 0.2) is 18.2 Å². The molecule has 1 N–H and O–H groups in total. The van der Waals surface area contributed by atoms with Crippen LogP contribution in [0.5, 0.6) is 11.5 Å². The number of anilines is 1. The number of hydrogen-bond acceptors (Lipinski definition) is 6. The third-order valence-corrected chi connectivity index (χ3v) is 8.64. The molecule has 6 nitrogen and oxygen atoms in total. The quantitative estimate of drug-likeness (QED) is 0.435. The van der Waals surface area contributed by atoms with Crippen molar-refractivity contribution < 1.29 is 9.47 Å². The Morgan fingerprint density at radius 2 is 1.69 bits per heavy atom. The molecule has 3 aliphatic rings. The molecule has 0 radical (unpaired) electrons. The van der Waals surface area contributed by atoms with E-state index in [-0.39, 0.29) is 0 Å². The Kier molecular flexibility index (Phi) is 8.86. The molecule has 1 saturated carbocycles. The Morgan fingerprint density at radius 3 is 2.42 bits per heavy atom. The number of pyridine rings is 1. The monoisotopic (exact) mass is 494 g/mol. The molecule has 2 aromatic rings. The summed E-state index contributed by atoms with van der Waals surface area (Å²) >= 11 is 0. The number of methoxy groups -OCH3 is 1. The number of rotatable bonds is 10. The summed E-state index contributed by atoms with van der Waals surface area (Å²) in [4.78, 5) is 10.4. The van der Waals surface area contributed by atoms with Crippen LogP contribution in [0.3, 0.4) is 0 Å². The number of hydrogen-bond donors (Lipinski definition) is 1. The third-order valence-electron chi connectivity index (χ3n) is 8.64.